The van der Waals surface area contributed by atoms with E-state index in [1.54, 1.807) is 0 Å². The summed E-state index contributed by atoms with van der Waals surface area (Å²) in [5.41, 5.74) is 0.703. The van der Waals surface area contributed by atoms with Crippen LogP contribution in [0.1, 0.15) is 22.7 Å². The van der Waals surface area contributed by atoms with Crippen molar-refractivity contribution >= 4 is 26.7 Å². The molecular weight excluding hydrogens is 570 g/mol. The van der Waals surface area contributed by atoms with Crippen molar-refractivity contribution in [1.29, 1.82) is 0 Å². The third-order valence-corrected chi connectivity index (χ3v) is 7.65. The van der Waals surface area contributed by atoms with Crippen molar-refractivity contribution in [2.75, 3.05) is 7.11 Å². The first-order valence-electron chi connectivity index (χ1n) is 11.0. The van der Waals surface area contributed by atoms with Crippen molar-refractivity contribution in [1.82, 2.24) is 4.98 Å². The van der Waals surface area contributed by atoms with Gasteiger partial charge >= 0.3 is 18.3 Å². The molecule has 8 nitrogen and oxygen atoms in total. The van der Waals surface area contributed by atoms with Crippen LogP contribution < -0.4 is 15.2 Å². The number of carboxylic acids is 1. The van der Waals surface area contributed by atoms with Crippen molar-refractivity contribution in [3.8, 4) is 17.2 Å². The van der Waals surface area contributed by atoms with E-state index < -0.39 is 62.4 Å². The van der Waals surface area contributed by atoms with Gasteiger partial charge in [-0.1, -0.05) is 0 Å². The lowest BCUT2D eigenvalue weighted by atomic mass is 9.98. The second kappa shape index (κ2) is 10.1. The minimum atomic E-state index is -5.41. The number of benzene rings is 3. The Kier molecular flexibility index (Phi) is 7.23. The summed E-state index contributed by atoms with van der Waals surface area (Å²) in [5, 5.41) is 8.96. The number of H-pyrrole nitrogens is 1. The average molecular weight is 588 g/mol. The van der Waals surface area contributed by atoms with Gasteiger partial charge in [-0.15, -0.1) is 0 Å². The standard InChI is InChI=1S/C25H18F6N2O6S/c1-38-13-2-5-15(6-3-13)40(36,37)20-11-33-19-7-4-14(10-16(19)20)39-22-17(24(26,27)28)8-12(21(32)23(34)35)9-18(22)25(29,30)31/h2-11,21,33H,32H2,1H3,(H,34,35)/t21-/m1/s1. The highest BCUT2D eigenvalue weighted by Crippen LogP contribution is 2.47. The number of methoxy groups -OCH3 is 1. The summed E-state index contributed by atoms with van der Waals surface area (Å²) >= 11 is 0. The number of hydrogen-bond acceptors (Lipinski definition) is 6. The molecule has 1 atom stereocenters. The molecule has 0 fully saturated rings. The van der Waals surface area contributed by atoms with Gasteiger partial charge in [0.15, 0.2) is 5.75 Å². The Morgan fingerprint density at radius 1 is 0.925 bits per heavy atom. The van der Waals surface area contributed by atoms with E-state index in [1.807, 2.05) is 0 Å². The van der Waals surface area contributed by atoms with Gasteiger partial charge in [0.05, 0.1) is 28.0 Å². The number of carboxylic acid groups (broad SMARTS) is 1. The van der Waals surface area contributed by atoms with Crippen LogP contribution in [0.5, 0.6) is 17.2 Å². The normalized spacial score (nSPS) is 13.3. The fourth-order valence-electron chi connectivity index (χ4n) is 3.86. The average Bonchev–Trinajstić information content (AvgIpc) is 3.31. The van der Waals surface area contributed by atoms with Crippen LogP contribution >= 0.6 is 0 Å². The Hall–Kier alpha value is -4.24. The molecule has 4 N–H and O–H groups in total. The van der Waals surface area contributed by atoms with Gasteiger partial charge in [-0.2, -0.15) is 26.3 Å². The maximum atomic E-state index is 13.9. The predicted molar refractivity (Wildman–Crippen MR) is 128 cm³/mol. The van der Waals surface area contributed by atoms with E-state index in [9.17, 15) is 39.6 Å². The van der Waals surface area contributed by atoms with Gasteiger partial charge in [0.25, 0.3) is 0 Å². The van der Waals surface area contributed by atoms with E-state index in [2.05, 4.69) is 4.98 Å². The molecule has 0 spiro atoms. The number of carbonyl (C=O) groups is 1. The van der Waals surface area contributed by atoms with Gasteiger partial charge in [-0.3, -0.25) is 4.79 Å². The monoisotopic (exact) mass is 588 g/mol. The highest BCUT2D eigenvalue weighted by molar-refractivity contribution is 7.91. The topological polar surface area (TPSA) is 132 Å². The maximum Gasteiger partial charge on any atom is 0.420 e. The quantitative estimate of drug-likeness (QED) is 0.228. The molecule has 1 heterocycles. The molecule has 4 aromatic rings. The zero-order valence-electron chi connectivity index (χ0n) is 20.1. The first-order valence-corrected chi connectivity index (χ1v) is 12.5. The van der Waals surface area contributed by atoms with E-state index in [1.165, 1.54) is 37.4 Å². The van der Waals surface area contributed by atoms with Crippen LogP contribution in [0.4, 0.5) is 26.3 Å². The van der Waals surface area contributed by atoms with Crippen LogP contribution in [-0.2, 0) is 27.0 Å². The van der Waals surface area contributed by atoms with Crippen molar-refractivity contribution in [3.05, 3.63) is 77.5 Å². The Morgan fingerprint density at radius 2 is 1.48 bits per heavy atom. The lowest BCUT2D eigenvalue weighted by molar-refractivity contribution is -0.146. The summed E-state index contributed by atoms with van der Waals surface area (Å²) in [6.45, 7) is 0. The molecule has 15 heteroatoms. The number of nitrogens with two attached hydrogens (primary N) is 1. The minimum Gasteiger partial charge on any atom is -0.497 e. The summed E-state index contributed by atoms with van der Waals surface area (Å²) in [6, 6.07) is 6.70. The Balaban J connectivity index is 1.87. The zero-order chi connectivity index (χ0) is 29.6. The summed E-state index contributed by atoms with van der Waals surface area (Å²) in [5.74, 6) is -3.68. The highest BCUT2D eigenvalue weighted by atomic mass is 32.2. The van der Waals surface area contributed by atoms with Crippen LogP contribution in [0.3, 0.4) is 0 Å². The van der Waals surface area contributed by atoms with Crippen molar-refractivity contribution in [3.63, 3.8) is 0 Å². The van der Waals surface area contributed by atoms with E-state index in [4.69, 9.17) is 20.3 Å². The number of nitrogens with one attached hydrogen (secondary N) is 1. The summed E-state index contributed by atoms with van der Waals surface area (Å²) in [6.07, 6.45) is -9.70. The molecule has 40 heavy (non-hydrogen) atoms. The predicted octanol–water partition coefficient (Wildman–Crippen LogP) is 5.92. The molecule has 0 bridgehead atoms. The van der Waals surface area contributed by atoms with Gasteiger partial charge in [0.1, 0.15) is 17.5 Å². The van der Waals surface area contributed by atoms with E-state index >= 15 is 0 Å². The molecule has 0 aliphatic heterocycles. The molecule has 0 saturated carbocycles. The first-order chi connectivity index (χ1) is 18.5. The summed E-state index contributed by atoms with van der Waals surface area (Å²) in [4.78, 5) is 13.4. The third kappa shape index (κ3) is 5.42. The molecule has 1 aromatic heterocycles. The molecule has 212 valence electrons. The number of sulfone groups is 1. The number of halogens is 6. The SMILES string of the molecule is COc1ccc(S(=O)(=O)c2c[nH]c3ccc(Oc4c(C(F)(F)F)cc([C@@H](N)C(=O)O)cc4C(F)(F)F)cc23)cc1. The van der Waals surface area contributed by atoms with Crippen LogP contribution in [0.2, 0.25) is 0 Å². The molecule has 0 unspecified atom stereocenters. The lowest BCUT2D eigenvalue weighted by Crippen LogP contribution is -2.23. The van der Waals surface area contributed by atoms with Gasteiger partial charge in [0.2, 0.25) is 9.84 Å². The van der Waals surface area contributed by atoms with Crippen LogP contribution in [0, 0.1) is 0 Å². The molecule has 0 amide bonds. The highest BCUT2D eigenvalue weighted by Gasteiger charge is 2.43. The Labute approximate surface area is 221 Å². The van der Waals surface area contributed by atoms with Crippen LogP contribution in [0.15, 0.2) is 70.6 Å². The van der Waals surface area contributed by atoms with Gasteiger partial charge in [-0.05, 0) is 60.2 Å². The number of aromatic nitrogens is 1. The molecule has 0 aliphatic carbocycles. The molecule has 0 saturated heterocycles. The number of rotatable bonds is 7. The first kappa shape index (κ1) is 28.8. The third-order valence-electron chi connectivity index (χ3n) is 5.84. The number of ether oxygens (including phenoxy) is 2. The molecule has 0 aliphatic rings. The van der Waals surface area contributed by atoms with Crippen molar-refractivity contribution < 1.29 is 54.1 Å². The fourth-order valence-corrected chi connectivity index (χ4v) is 5.28. The maximum absolute atomic E-state index is 13.9. The fraction of sp³-hybridized carbons (Fsp3) is 0.160. The lowest BCUT2D eigenvalue weighted by Gasteiger charge is -2.21. The van der Waals surface area contributed by atoms with E-state index in [0.29, 0.717) is 5.75 Å². The number of aromatic amines is 1. The van der Waals surface area contributed by atoms with Crippen LogP contribution in [0.25, 0.3) is 10.9 Å². The minimum absolute atomic E-state index is 0.0695. The largest absolute Gasteiger partial charge is 0.497 e. The number of aliphatic carboxylic acids is 1. The number of fused-ring (bicyclic) bond motifs is 1. The molecular formula is C25H18F6N2O6S. The number of alkyl halides is 6. The Morgan fingerprint density at radius 3 is 1.98 bits per heavy atom. The smallest absolute Gasteiger partial charge is 0.420 e. The molecule has 3 aromatic carbocycles. The van der Waals surface area contributed by atoms with Gasteiger partial charge < -0.3 is 25.3 Å². The molecule has 0 radical (unpaired) electrons. The van der Waals surface area contributed by atoms with Gasteiger partial charge in [-0.25, -0.2) is 8.42 Å². The second-order valence-corrected chi connectivity index (χ2v) is 10.3. The van der Waals surface area contributed by atoms with E-state index in [0.717, 1.165) is 18.3 Å². The van der Waals surface area contributed by atoms with Crippen molar-refractivity contribution in [2.24, 2.45) is 5.73 Å². The Bertz CT molecular complexity index is 1660. The van der Waals surface area contributed by atoms with Gasteiger partial charge in [0, 0.05) is 17.1 Å². The summed E-state index contributed by atoms with van der Waals surface area (Å²) < 4.78 is 120. The zero-order valence-corrected chi connectivity index (χ0v) is 20.9. The van der Waals surface area contributed by atoms with E-state index in [-0.39, 0.29) is 32.8 Å². The molecule has 4 rings (SSSR count). The second-order valence-electron chi connectivity index (χ2n) is 8.40. The summed E-state index contributed by atoms with van der Waals surface area (Å²) in [7, 11) is -2.81. The number of hydrogen-bond donors (Lipinski definition) is 3. The van der Waals surface area contributed by atoms with Crippen molar-refractivity contribution in [2.45, 2.75) is 28.2 Å². The van der Waals surface area contributed by atoms with Crippen LogP contribution in [-0.4, -0.2) is 31.6 Å².